The molecule has 160 valence electrons. The SMILES string of the molecule is CCc1cc(=O)oc2cc(C)cc(OCC(=O)NCCc3c[nH]c4ccc(Cl)cc34)c12. The van der Waals surface area contributed by atoms with Crippen LogP contribution in [0.2, 0.25) is 5.02 Å². The molecule has 0 radical (unpaired) electrons. The number of hydrogen-bond acceptors (Lipinski definition) is 4. The third kappa shape index (κ3) is 4.59. The molecule has 0 spiro atoms. The maximum absolute atomic E-state index is 12.4. The number of aromatic amines is 1. The van der Waals surface area contributed by atoms with Crippen molar-refractivity contribution in [3.63, 3.8) is 0 Å². The number of fused-ring (bicyclic) bond motifs is 2. The summed E-state index contributed by atoms with van der Waals surface area (Å²) in [5.74, 6) is 0.319. The first-order chi connectivity index (χ1) is 14.9. The molecule has 2 aromatic heterocycles. The maximum Gasteiger partial charge on any atom is 0.336 e. The monoisotopic (exact) mass is 438 g/mol. The Balaban J connectivity index is 1.41. The molecule has 0 saturated carbocycles. The van der Waals surface area contributed by atoms with Crippen molar-refractivity contribution in [1.29, 1.82) is 0 Å². The number of halogens is 1. The number of nitrogens with one attached hydrogen (secondary N) is 2. The number of H-pyrrole nitrogens is 1. The summed E-state index contributed by atoms with van der Waals surface area (Å²) in [5.41, 5.74) is 3.90. The van der Waals surface area contributed by atoms with Gasteiger partial charge >= 0.3 is 5.63 Å². The Bertz CT molecular complexity index is 1320. The lowest BCUT2D eigenvalue weighted by molar-refractivity contribution is -0.123. The van der Waals surface area contributed by atoms with Crippen LogP contribution in [0.4, 0.5) is 0 Å². The fourth-order valence-electron chi connectivity index (χ4n) is 3.75. The zero-order chi connectivity index (χ0) is 22.0. The molecule has 2 heterocycles. The highest BCUT2D eigenvalue weighted by Gasteiger charge is 2.13. The normalized spacial score (nSPS) is 11.2. The third-order valence-corrected chi connectivity index (χ3v) is 5.45. The molecular weight excluding hydrogens is 416 g/mol. The van der Waals surface area contributed by atoms with E-state index in [0.29, 0.717) is 35.7 Å². The van der Waals surface area contributed by atoms with E-state index >= 15 is 0 Å². The summed E-state index contributed by atoms with van der Waals surface area (Å²) in [5, 5.41) is 5.35. The van der Waals surface area contributed by atoms with Crippen molar-refractivity contribution in [3.8, 4) is 5.75 Å². The molecule has 6 nitrogen and oxygen atoms in total. The number of aryl methyl sites for hydroxylation is 2. The minimum atomic E-state index is -0.391. The second-order valence-corrected chi connectivity index (χ2v) is 7.91. The number of rotatable bonds is 7. The van der Waals surface area contributed by atoms with Gasteiger partial charge in [-0.15, -0.1) is 0 Å². The van der Waals surface area contributed by atoms with Crippen LogP contribution in [0.3, 0.4) is 0 Å². The molecule has 2 aromatic carbocycles. The average molecular weight is 439 g/mol. The van der Waals surface area contributed by atoms with Crippen LogP contribution >= 0.6 is 11.6 Å². The van der Waals surface area contributed by atoms with Crippen molar-refractivity contribution in [1.82, 2.24) is 10.3 Å². The molecule has 7 heteroatoms. The number of carbonyl (C=O) groups is 1. The Morgan fingerprint density at radius 3 is 2.84 bits per heavy atom. The van der Waals surface area contributed by atoms with Gasteiger partial charge in [-0.1, -0.05) is 18.5 Å². The highest BCUT2D eigenvalue weighted by atomic mass is 35.5. The Labute approximate surface area is 184 Å². The summed E-state index contributed by atoms with van der Waals surface area (Å²) >= 11 is 6.09. The molecule has 0 fully saturated rings. The Kier molecular flexibility index (Phi) is 6.00. The molecular formula is C24H23ClN2O4. The number of hydrogen-bond donors (Lipinski definition) is 2. The second-order valence-electron chi connectivity index (χ2n) is 7.47. The van der Waals surface area contributed by atoms with E-state index in [4.69, 9.17) is 20.8 Å². The Morgan fingerprint density at radius 1 is 1.19 bits per heavy atom. The fraction of sp³-hybridized carbons (Fsp3) is 0.250. The first kappa shape index (κ1) is 21.0. The first-order valence-corrected chi connectivity index (χ1v) is 10.5. The molecule has 4 aromatic rings. The van der Waals surface area contributed by atoms with Gasteiger partial charge in [0.2, 0.25) is 0 Å². The van der Waals surface area contributed by atoms with Gasteiger partial charge in [-0.2, -0.15) is 0 Å². The van der Waals surface area contributed by atoms with Gasteiger partial charge in [0.05, 0.1) is 5.39 Å². The van der Waals surface area contributed by atoms with Crippen LogP contribution in [-0.4, -0.2) is 24.0 Å². The van der Waals surface area contributed by atoms with Crippen molar-refractivity contribution in [3.05, 3.63) is 74.7 Å². The zero-order valence-corrected chi connectivity index (χ0v) is 18.1. The van der Waals surface area contributed by atoms with E-state index in [1.54, 1.807) is 6.07 Å². The van der Waals surface area contributed by atoms with Gasteiger partial charge in [-0.25, -0.2) is 4.79 Å². The zero-order valence-electron chi connectivity index (χ0n) is 17.4. The Hall–Kier alpha value is -3.25. The van der Waals surface area contributed by atoms with Crippen LogP contribution in [0.1, 0.15) is 23.6 Å². The predicted molar refractivity (Wildman–Crippen MR) is 122 cm³/mol. The van der Waals surface area contributed by atoms with Crippen LogP contribution in [0.25, 0.3) is 21.9 Å². The minimum Gasteiger partial charge on any atom is -0.483 e. The number of ether oxygens (including phenoxy) is 1. The number of benzene rings is 2. The Morgan fingerprint density at radius 2 is 2.03 bits per heavy atom. The van der Waals surface area contributed by atoms with Crippen LogP contribution < -0.4 is 15.7 Å². The lowest BCUT2D eigenvalue weighted by Gasteiger charge is -2.12. The molecule has 0 unspecified atom stereocenters. The van der Waals surface area contributed by atoms with Crippen molar-refractivity contribution in [2.24, 2.45) is 0 Å². The van der Waals surface area contributed by atoms with E-state index in [0.717, 1.165) is 33.0 Å². The molecule has 4 rings (SSSR count). The second kappa shape index (κ2) is 8.86. The summed E-state index contributed by atoms with van der Waals surface area (Å²) in [6.07, 6.45) is 3.26. The van der Waals surface area contributed by atoms with E-state index < -0.39 is 5.63 Å². The fourth-order valence-corrected chi connectivity index (χ4v) is 3.92. The third-order valence-electron chi connectivity index (χ3n) is 5.22. The van der Waals surface area contributed by atoms with Crippen LogP contribution in [0, 0.1) is 6.92 Å². The van der Waals surface area contributed by atoms with Gasteiger partial charge in [-0.3, -0.25) is 4.79 Å². The molecule has 1 amide bonds. The van der Waals surface area contributed by atoms with Crippen molar-refractivity contribution >= 4 is 39.4 Å². The smallest absolute Gasteiger partial charge is 0.336 e. The van der Waals surface area contributed by atoms with E-state index in [1.807, 2.05) is 44.3 Å². The van der Waals surface area contributed by atoms with Gasteiger partial charge < -0.3 is 19.5 Å². The molecule has 0 aliphatic rings. The quantitative estimate of drug-likeness (QED) is 0.415. The van der Waals surface area contributed by atoms with E-state index in [-0.39, 0.29) is 12.5 Å². The molecule has 0 aliphatic heterocycles. The number of amides is 1. The first-order valence-electron chi connectivity index (χ1n) is 10.2. The van der Waals surface area contributed by atoms with Gasteiger partial charge in [0.25, 0.3) is 5.91 Å². The highest BCUT2D eigenvalue weighted by molar-refractivity contribution is 6.31. The molecule has 0 bridgehead atoms. The topological polar surface area (TPSA) is 84.3 Å². The summed E-state index contributed by atoms with van der Waals surface area (Å²) in [7, 11) is 0. The lowest BCUT2D eigenvalue weighted by Crippen LogP contribution is -2.30. The van der Waals surface area contributed by atoms with Crippen LogP contribution in [0.5, 0.6) is 5.75 Å². The number of carbonyl (C=O) groups excluding carboxylic acids is 1. The van der Waals surface area contributed by atoms with Crippen LogP contribution in [0.15, 0.2) is 51.8 Å². The molecule has 31 heavy (non-hydrogen) atoms. The van der Waals surface area contributed by atoms with Gasteiger partial charge in [0.15, 0.2) is 6.61 Å². The van der Waals surface area contributed by atoms with Gasteiger partial charge in [-0.05, 0) is 66.8 Å². The van der Waals surface area contributed by atoms with Crippen molar-refractivity contribution in [2.75, 3.05) is 13.2 Å². The van der Waals surface area contributed by atoms with E-state index in [1.165, 1.54) is 6.07 Å². The number of aromatic nitrogens is 1. The summed E-state index contributed by atoms with van der Waals surface area (Å²) in [6.45, 7) is 4.20. The standard InChI is InChI=1S/C24H23ClN2O4/c1-3-15-10-23(29)31-21-9-14(2)8-20(24(15)21)30-13-22(28)26-7-6-16-12-27-19-5-4-17(25)11-18(16)19/h4-5,8-12,27H,3,6-7,13H2,1-2H3,(H,26,28). The summed E-state index contributed by atoms with van der Waals surface area (Å²) in [4.78, 5) is 27.4. The molecule has 0 aliphatic carbocycles. The maximum atomic E-state index is 12.4. The highest BCUT2D eigenvalue weighted by Crippen LogP contribution is 2.30. The summed E-state index contributed by atoms with van der Waals surface area (Å²) < 4.78 is 11.2. The van der Waals surface area contributed by atoms with E-state index in [9.17, 15) is 9.59 Å². The van der Waals surface area contributed by atoms with E-state index in [2.05, 4.69) is 10.3 Å². The average Bonchev–Trinajstić information content (AvgIpc) is 3.13. The van der Waals surface area contributed by atoms with Crippen molar-refractivity contribution < 1.29 is 13.9 Å². The minimum absolute atomic E-state index is 0.124. The largest absolute Gasteiger partial charge is 0.483 e. The van der Waals surface area contributed by atoms with Gasteiger partial charge in [0.1, 0.15) is 11.3 Å². The summed E-state index contributed by atoms with van der Waals surface area (Å²) in [6, 6.07) is 10.8. The predicted octanol–water partition coefficient (Wildman–Crippen LogP) is 4.54. The van der Waals surface area contributed by atoms with Crippen molar-refractivity contribution in [2.45, 2.75) is 26.7 Å². The lowest BCUT2D eigenvalue weighted by atomic mass is 10.1. The van der Waals surface area contributed by atoms with Crippen LogP contribution in [-0.2, 0) is 17.6 Å². The molecule has 2 N–H and O–H groups in total. The van der Waals surface area contributed by atoms with Gasteiger partial charge in [0, 0.05) is 34.7 Å². The molecule has 0 atom stereocenters. The molecule has 0 saturated heterocycles.